The number of aliphatic hydroxyl groups is 1. The van der Waals surface area contributed by atoms with Crippen LogP contribution in [0.4, 0.5) is 0 Å². The molecule has 8 nitrogen and oxygen atoms in total. The number of pyridine rings is 1. The highest BCUT2D eigenvalue weighted by molar-refractivity contribution is 6.33. The van der Waals surface area contributed by atoms with Crippen molar-refractivity contribution in [2.75, 3.05) is 20.3 Å². The molecule has 2 N–H and O–H groups in total. The Balaban J connectivity index is 1.14. The predicted molar refractivity (Wildman–Crippen MR) is 144 cm³/mol. The van der Waals surface area contributed by atoms with Crippen LogP contribution in [0.2, 0.25) is 5.02 Å². The average Bonchev–Trinajstić information content (AvgIpc) is 3.64. The molecule has 192 valence electrons. The van der Waals surface area contributed by atoms with Crippen molar-refractivity contribution in [1.29, 1.82) is 0 Å². The fourth-order valence-corrected chi connectivity index (χ4v) is 5.45. The van der Waals surface area contributed by atoms with E-state index in [0.717, 1.165) is 33.2 Å². The standard InChI is InChI=1S/C29H24ClN3O5/c1-35-20-9-8-16-4-7-18(10-19(16)11-20)15-2-5-17(6-3-15)25-21(30)12-22-28(32-25)33-29(31-22)38-24-14-37-26-23(34)13-36-27(24)26/h2-12,23-24,26-27,34H,13-14H2,1H3,(H,31,32,33)/t23-,24-,26-,27-/m1/s1. The summed E-state index contributed by atoms with van der Waals surface area (Å²) in [4.78, 5) is 12.3. The second-order valence-electron chi connectivity index (χ2n) is 9.56. The van der Waals surface area contributed by atoms with Crippen molar-refractivity contribution in [3.63, 3.8) is 0 Å². The number of nitrogens with one attached hydrogen (secondary N) is 1. The number of methoxy groups -OCH3 is 1. The molecule has 3 aromatic carbocycles. The van der Waals surface area contributed by atoms with Crippen LogP contribution < -0.4 is 9.47 Å². The first-order valence-corrected chi connectivity index (χ1v) is 12.8. The zero-order valence-electron chi connectivity index (χ0n) is 20.4. The Morgan fingerprint density at radius 3 is 2.47 bits per heavy atom. The van der Waals surface area contributed by atoms with Gasteiger partial charge in [0.25, 0.3) is 6.01 Å². The molecular weight excluding hydrogens is 506 g/mol. The normalized spacial score (nSPS) is 22.7. The Kier molecular flexibility index (Phi) is 5.70. The van der Waals surface area contributed by atoms with Gasteiger partial charge < -0.3 is 29.0 Å². The maximum absolute atomic E-state index is 9.95. The number of aromatic nitrogens is 3. The Hall–Kier alpha value is -3.69. The van der Waals surface area contributed by atoms with E-state index in [1.165, 1.54) is 0 Å². The van der Waals surface area contributed by atoms with Gasteiger partial charge in [-0.1, -0.05) is 54.1 Å². The molecule has 0 spiro atoms. The summed E-state index contributed by atoms with van der Waals surface area (Å²) >= 11 is 6.63. The van der Waals surface area contributed by atoms with Crippen molar-refractivity contribution in [1.82, 2.24) is 15.0 Å². The lowest BCUT2D eigenvalue weighted by Crippen LogP contribution is -2.34. The summed E-state index contributed by atoms with van der Waals surface area (Å²) in [6.45, 7) is 0.560. The molecule has 2 saturated heterocycles. The average molecular weight is 530 g/mol. The second-order valence-corrected chi connectivity index (χ2v) is 9.96. The third kappa shape index (κ3) is 4.06. The number of nitrogens with zero attached hydrogens (tertiary/aromatic N) is 2. The van der Waals surface area contributed by atoms with E-state index in [2.05, 4.69) is 46.4 Å². The molecule has 0 saturated carbocycles. The molecule has 7 rings (SSSR count). The third-order valence-corrected chi connectivity index (χ3v) is 7.48. The number of aromatic amines is 1. The smallest absolute Gasteiger partial charge is 0.296 e. The van der Waals surface area contributed by atoms with Crippen LogP contribution in [-0.4, -0.2) is 64.8 Å². The van der Waals surface area contributed by atoms with Gasteiger partial charge in [0.1, 0.15) is 24.1 Å². The zero-order valence-corrected chi connectivity index (χ0v) is 21.2. The van der Waals surface area contributed by atoms with Gasteiger partial charge in [-0.3, -0.25) is 0 Å². The quantitative estimate of drug-likeness (QED) is 0.330. The summed E-state index contributed by atoms with van der Waals surface area (Å²) in [6.07, 6.45) is -1.70. The van der Waals surface area contributed by atoms with E-state index in [-0.39, 0.29) is 24.9 Å². The maximum atomic E-state index is 9.95. The fourth-order valence-electron chi connectivity index (χ4n) is 5.19. The van der Waals surface area contributed by atoms with E-state index < -0.39 is 6.10 Å². The topological polar surface area (TPSA) is 98.7 Å². The molecule has 5 aromatic rings. The van der Waals surface area contributed by atoms with E-state index in [4.69, 9.17) is 35.5 Å². The van der Waals surface area contributed by atoms with Gasteiger partial charge in [-0.2, -0.15) is 4.98 Å². The molecule has 4 heterocycles. The summed E-state index contributed by atoms with van der Waals surface area (Å²) in [5.74, 6) is 0.833. The molecule has 4 atom stereocenters. The van der Waals surface area contributed by atoms with Crippen LogP contribution in [0.25, 0.3) is 44.3 Å². The number of imidazole rings is 1. The van der Waals surface area contributed by atoms with Crippen LogP contribution in [0.1, 0.15) is 0 Å². The van der Waals surface area contributed by atoms with E-state index in [1.807, 2.05) is 24.3 Å². The molecule has 0 bridgehead atoms. The molecule has 0 amide bonds. The molecular formula is C29H24ClN3O5. The van der Waals surface area contributed by atoms with Crippen LogP contribution in [-0.2, 0) is 9.47 Å². The van der Waals surface area contributed by atoms with E-state index in [1.54, 1.807) is 13.2 Å². The third-order valence-electron chi connectivity index (χ3n) is 7.19. The highest BCUT2D eigenvalue weighted by Gasteiger charge is 2.48. The number of ether oxygens (including phenoxy) is 4. The molecule has 2 fully saturated rings. The molecule has 2 aromatic heterocycles. The molecule has 9 heteroatoms. The van der Waals surface area contributed by atoms with Crippen molar-refractivity contribution in [3.8, 4) is 34.1 Å². The molecule has 38 heavy (non-hydrogen) atoms. The van der Waals surface area contributed by atoms with Crippen LogP contribution in [0.3, 0.4) is 0 Å². The van der Waals surface area contributed by atoms with Gasteiger partial charge in [-0.15, -0.1) is 0 Å². The van der Waals surface area contributed by atoms with Gasteiger partial charge >= 0.3 is 0 Å². The van der Waals surface area contributed by atoms with Crippen molar-refractivity contribution in [2.45, 2.75) is 24.4 Å². The van der Waals surface area contributed by atoms with Crippen LogP contribution in [0, 0.1) is 0 Å². The number of aliphatic hydroxyl groups excluding tert-OH is 1. The van der Waals surface area contributed by atoms with Crippen LogP contribution in [0.15, 0.2) is 66.7 Å². The van der Waals surface area contributed by atoms with Crippen molar-refractivity contribution < 1.29 is 24.1 Å². The first kappa shape index (κ1) is 23.4. The number of benzene rings is 3. The van der Waals surface area contributed by atoms with Gasteiger partial charge in [0.05, 0.1) is 36.6 Å². The van der Waals surface area contributed by atoms with Crippen molar-refractivity contribution in [3.05, 3.63) is 71.8 Å². The van der Waals surface area contributed by atoms with Gasteiger partial charge in [0, 0.05) is 5.56 Å². The monoisotopic (exact) mass is 529 g/mol. The van der Waals surface area contributed by atoms with Crippen LogP contribution >= 0.6 is 11.6 Å². The minimum Gasteiger partial charge on any atom is -0.497 e. The number of hydrogen-bond acceptors (Lipinski definition) is 7. The number of rotatable bonds is 5. The van der Waals surface area contributed by atoms with Gasteiger partial charge in [0.2, 0.25) is 0 Å². The second kappa shape index (κ2) is 9.25. The largest absolute Gasteiger partial charge is 0.497 e. The predicted octanol–water partition coefficient (Wildman–Crippen LogP) is 5.01. The SMILES string of the molecule is COc1ccc2ccc(-c3ccc(-c4nc5nc(O[C@@H]6CO[C@H]7[C@@H]6OC[C@H]7O)[nH]c5cc4Cl)cc3)cc2c1. The summed E-state index contributed by atoms with van der Waals surface area (Å²) in [5, 5.41) is 12.7. The van der Waals surface area contributed by atoms with E-state index in [0.29, 0.717) is 34.5 Å². The Labute approximate surface area is 223 Å². The van der Waals surface area contributed by atoms with Crippen LogP contribution in [0.5, 0.6) is 11.8 Å². The van der Waals surface area contributed by atoms with Gasteiger partial charge in [-0.05, 0) is 46.2 Å². The minimum absolute atomic E-state index is 0.240. The summed E-state index contributed by atoms with van der Waals surface area (Å²) in [7, 11) is 1.67. The Morgan fingerprint density at radius 2 is 1.63 bits per heavy atom. The lowest BCUT2D eigenvalue weighted by molar-refractivity contribution is 0.00706. The number of fused-ring (bicyclic) bond motifs is 3. The Bertz CT molecular complexity index is 1650. The molecule has 0 radical (unpaired) electrons. The van der Waals surface area contributed by atoms with Gasteiger partial charge in [-0.25, -0.2) is 4.98 Å². The van der Waals surface area contributed by atoms with E-state index >= 15 is 0 Å². The summed E-state index contributed by atoms with van der Waals surface area (Å²) in [5.41, 5.74) is 4.88. The summed E-state index contributed by atoms with van der Waals surface area (Å²) < 4.78 is 22.6. The minimum atomic E-state index is -0.636. The van der Waals surface area contributed by atoms with Crippen molar-refractivity contribution >= 4 is 33.5 Å². The molecule has 2 aliphatic rings. The Morgan fingerprint density at radius 1 is 0.868 bits per heavy atom. The van der Waals surface area contributed by atoms with E-state index in [9.17, 15) is 5.11 Å². The molecule has 0 unspecified atom stereocenters. The number of H-pyrrole nitrogens is 1. The highest BCUT2D eigenvalue weighted by atomic mass is 35.5. The molecule has 2 aliphatic heterocycles. The number of halogens is 1. The first-order valence-electron chi connectivity index (χ1n) is 12.4. The maximum Gasteiger partial charge on any atom is 0.296 e. The zero-order chi connectivity index (χ0) is 25.8. The lowest BCUT2D eigenvalue weighted by atomic mass is 9.99. The number of hydrogen-bond donors (Lipinski definition) is 2. The molecule has 0 aliphatic carbocycles. The summed E-state index contributed by atoms with van der Waals surface area (Å²) in [6, 6.07) is 22.7. The van der Waals surface area contributed by atoms with Gasteiger partial charge in [0.15, 0.2) is 11.8 Å². The van der Waals surface area contributed by atoms with Crippen molar-refractivity contribution in [2.24, 2.45) is 0 Å². The fraction of sp³-hybridized carbons (Fsp3) is 0.241. The highest BCUT2D eigenvalue weighted by Crippen LogP contribution is 2.34. The first-order chi connectivity index (χ1) is 18.6. The lowest BCUT2D eigenvalue weighted by Gasteiger charge is -2.15.